The first-order chi connectivity index (χ1) is 5.27. The van der Waals surface area contributed by atoms with Gasteiger partial charge in [-0.1, -0.05) is 17.7 Å². The first kappa shape index (κ1) is 7.40. The molecule has 1 aromatic heterocycles. The standard InChI is InChI=1S/C7H4ClNS2/c8-7-9-6-4(10)2-1-3-5(6)11-7/h1-3,10H. The van der Waals surface area contributed by atoms with Crippen molar-refractivity contribution in [2.24, 2.45) is 0 Å². The van der Waals surface area contributed by atoms with Crippen LogP contribution in [0.25, 0.3) is 10.2 Å². The second-order valence-electron chi connectivity index (χ2n) is 2.09. The van der Waals surface area contributed by atoms with Gasteiger partial charge in [-0.2, -0.15) is 0 Å². The number of halogens is 1. The molecule has 0 fully saturated rings. The normalized spacial score (nSPS) is 10.7. The maximum atomic E-state index is 5.73. The van der Waals surface area contributed by atoms with E-state index in [1.165, 1.54) is 11.3 Å². The van der Waals surface area contributed by atoms with Crippen molar-refractivity contribution in [1.29, 1.82) is 0 Å². The summed E-state index contributed by atoms with van der Waals surface area (Å²) >= 11 is 11.4. The first-order valence-electron chi connectivity index (χ1n) is 3.01. The summed E-state index contributed by atoms with van der Waals surface area (Å²) in [5, 5.41) is 0. The van der Waals surface area contributed by atoms with Crippen LogP contribution in [0, 0.1) is 0 Å². The van der Waals surface area contributed by atoms with Gasteiger partial charge in [-0.15, -0.1) is 24.0 Å². The molecule has 1 nitrogen and oxygen atoms in total. The van der Waals surface area contributed by atoms with Gasteiger partial charge in [-0.3, -0.25) is 0 Å². The SMILES string of the molecule is Sc1cccc2sc(Cl)nc12. The molecule has 0 aliphatic heterocycles. The molecule has 1 aromatic carbocycles. The summed E-state index contributed by atoms with van der Waals surface area (Å²) in [6.07, 6.45) is 0. The van der Waals surface area contributed by atoms with Gasteiger partial charge < -0.3 is 0 Å². The smallest absolute Gasteiger partial charge is 0.184 e. The zero-order chi connectivity index (χ0) is 7.84. The number of thiazole rings is 1. The quantitative estimate of drug-likeness (QED) is 0.646. The lowest BCUT2D eigenvalue weighted by atomic mass is 10.3. The van der Waals surface area contributed by atoms with Gasteiger partial charge in [0.1, 0.15) is 0 Å². The average molecular weight is 202 g/mol. The Kier molecular flexibility index (Phi) is 1.79. The van der Waals surface area contributed by atoms with Crippen LogP contribution in [0.5, 0.6) is 0 Å². The summed E-state index contributed by atoms with van der Waals surface area (Å²) in [7, 11) is 0. The molecule has 0 unspecified atom stereocenters. The predicted molar refractivity (Wildman–Crippen MR) is 51.9 cm³/mol. The molecule has 4 heteroatoms. The summed E-state index contributed by atoms with van der Waals surface area (Å²) in [6.45, 7) is 0. The number of fused-ring (bicyclic) bond motifs is 1. The van der Waals surface area contributed by atoms with E-state index in [-0.39, 0.29) is 0 Å². The van der Waals surface area contributed by atoms with E-state index in [9.17, 15) is 0 Å². The topological polar surface area (TPSA) is 12.9 Å². The Morgan fingerprint density at radius 1 is 1.45 bits per heavy atom. The fraction of sp³-hybridized carbons (Fsp3) is 0. The van der Waals surface area contributed by atoms with Crippen molar-refractivity contribution in [3.63, 3.8) is 0 Å². The number of benzene rings is 1. The van der Waals surface area contributed by atoms with Gasteiger partial charge in [0.15, 0.2) is 4.47 Å². The van der Waals surface area contributed by atoms with Gasteiger partial charge in [0.05, 0.1) is 10.2 Å². The third-order valence-corrected chi connectivity index (χ3v) is 2.86. The number of hydrogen-bond donors (Lipinski definition) is 1. The number of aromatic nitrogens is 1. The molecule has 0 bridgehead atoms. The minimum atomic E-state index is 0.571. The van der Waals surface area contributed by atoms with Crippen LogP contribution < -0.4 is 0 Å². The van der Waals surface area contributed by atoms with Crippen LogP contribution in [0.1, 0.15) is 0 Å². The van der Waals surface area contributed by atoms with E-state index >= 15 is 0 Å². The van der Waals surface area contributed by atoms with Crippen molar-refractivity contribution >= 4 is 45.8 Å². The summed E-state index contributed by atoms with van der Waals surface area (Å²) in [4.78, 5) is 5.00. The zero-order valence-corrected chi connectivity index (χ0v) is 7.88. The lowest BCUT2D eigenvalue weighted by Crippen LogP contribution is -1.69. The van der Waals surface area contributed by atoms with E-state index < -0.39 is 0 Å². The monoisotopic (exact) mass is 201 g/mol. The van der Waals surface area contributed by atoms with Crippen molar-refractivity contribution in [2.75, 3.05) is 0 Å². The number of rotatable bonds is 0. The van der Waals surface area contributed by atoms with Gasteiger partial charge in [0, 0.05) is 4.90 Å². The summed E-state index contributed by atoms with van der Waals surface area (Å²) in [6, 6.07) is 5.83. The van der Waals surface area contributed by atoms with E-state index in [1.807, 2.05) is 18.2 Å². The fourth-order valence-corrected chi connectivity index (χ4v) is 2.29. The molecule has 0 aliphatic rings. The third kappa shape index (κ3) is 1.24. The number of nitrogens with zero attached hydrogens (tertiary/aromatic N) is 1. The highest BCUT2D eigenvalue weighted by molar-refractivity contribution is 7.80. The second kappa shape index (κ2) is 2.66. The second-order valence-corrected chi connectivity index (χ2v) is 4.19. The molecule has 0 atom stereocenters. The van der Waals surface area contributed by atoms with Crippen LogP contribution in [0.3, 0.4) is 0 Å². The van der Waals surface area contributed by atoms with E-state index in [4.69, 9.17) is 11.6 Å². The largest absolute Gasteiger partial charge is 0.224 e. The van der Waals surface area contributed by atoms with Gasteiger partial charge in [0.25, 0.3) is 0 Å². The van der Waals surface area contributed by atoms with Crippen molar-refractivity contribution in [1.82, 2.24) is 4.98 Å². The molecule has 0 saturated carbocycles. The highest BCUT2D eigenvalue weighted by Crippen LogP contribution is 2.29. The molecule has 2 aromatic rings. The average Bonchev–Trinajstić information content (AvgIpc) is 2.31. The van der Waals surface area contributed by atoms with Gasteiger partial charge in [-0.05, 0) is 12.1 Å². The van der Waals surface area contributed by atoms with Crippen LogP contribution in [-0.2, 0) is 0 Å². The molecular formula is C7H4ClNS2. The van der Waals surface area contributed by atoms with E-state index in [2.05, 4.69) is 17.6 Å². The maximum absolute atomic E-state index is 5.73. The highest BCUT2D eigenvalue weighted by Gasteiger charge is 2.02. The van der Waals surface area contributed by atoms with E-state index in [1.54, 1.807) is 0 Å². The molecule has 0 amide bonds. The molecule has 0 radical (unpaired) electrons. The van der Waals surface area contributed by atoms with Crippen LogP contribution in [-0.4, -0.2) is 4.98 Å². The van der Waals surface area contributed by atoms with Crippen molar-refractivity contribution < 1.29 is 0 Å². The van der Waals surface area contributed by atoms with Crippen molar-refractivity contribution in [2.45, 2.75) is 4.90 Å². The number of hydrogen-bond acceptors (Lipinski definition) is 3. The minimum absolute atomic E-state index is 0.571. The fourth-order valence-electron chi connectivity index (χ4n) is 0.907. The number of para-hydroxylation sites is 1. The van der Waals surface area contributed by atoms with Crippen LogP contribution >= 0.6 is 35.6 Å². The van der Waals surface area contributed by atoms with Gasteiger partial charge in [-0.25, -0.2) is 4.98 Å². The van der Waals surface area contributed by atoms with E-state index in [0.717, 1.165) is 15.1 Å². The van der Waals surface area contributed by atoms with E-state index in [0.29, 0.717) is 4.47 Å². The zero-order valence-electron chi connectivity index (χ0n) is 5.41. The number of thiol groups is 1. The maximum Gasteiger partial charge on any atom is 0.184 e. The van der Waals surface area contributed by atoms with Gasteiger partial charge >= 0.3 is 0 Å². The van der Waals surface area contributed by atoms with Crippen LogP contribution in [0.4, 0.5) is 0 Å². The Balaban J connectivity index is 2.90. The molecule has 2 rings (SSSR count). The Morgan fingerprint density at radius 2 is 2.27 bits per heavy atom. The Bertz CT molecular complexity index is 396. The summed E-state index contributed by atoms with van der Waals surface area (Å²) in [5.74, 6) is 0. The summed E-state index contributed by atoms with van der Waals surface area (Å²) in [5.41, 5.74) is 0.894. The lowest BCUT2D eigenvalue weighted by Gasteiger charge is -1.89. The molecule has 11 heavy (non-hydrogen) atoms. The molecule has 0 spiro atoms. The highest BCUT2D eigenvalue weighted by atomic mass is 35.5. The summed E-state index contributed by atoms with van der Waals surface area (Å²) < 4.78 is 1.66. The Hall–Kier alpha value is -0.250. The van der Waals surface area contributed by atoms with Crippen LogP contribution in [0.2, 0.25) is 4.47 Å². The lowest BCUT2D eigenvalue weighted by molar-refractivity contribution is 1.42. The first-order valence-corrected chi connectivity index (χ1v) is 4.65. The molecular weight excluding hydrogens is 198 g/mol. The van der Waals surface area contributed by atoms with Gasteiger partial charge in [0.2, 0.25) is 0 Å². The minimum Gasteiger partial charge on any atom is -0.224 e. The third-order valence-electron chi connectivity index (χ3n) is 1.37. The van der Waals surface area contributed by atoms with Crippen molar-refractivity contribution in [3.8, 4) is 0 Å². The molecule has 0 N–H and O–H groups in total. The molecule has 0 aliphatic carbocycles. The molecule has 1 heterocycles. The Labute approximate surface area is 78.4 Å². The Morgan fingerprint density at radius 3 is 3.00 bits per heavy atom. The van der Waals surface area contributed by atoms with Crippen LogP contribution in [0.15, 0.2) is 23.1 Å². The molecule has 56 valence electrons. The molecule has 0 saturated heterocycles. The predicted octanol–water partition coefficient (Wildman–Crippen LogP) is 3.24. The van der Waals surface area contributed by atoms with Crippen molar-refractivity contribution in [3.05, 3.63) is 22.7 Å².